The van der Waals surface area contributed by atoms with E-state index in [1.165, 1.54) is 30.6 Å². The van der Waals surface area contributed by atoms with E-state index >= 15 is 0 Å². The van der Waals surface area contributed by atoms with Gasteiger partial charge in [0.1, 0.15) is 24.1 Å². The van der Waals surface area contributed by atoms with E-state index in [-0.39, 0.29) is 18.9 Å². The van der Waals surface area contributed by atoms with Gasteiger partial charge < -0.3 is 20.1 Å². The minimum atomic E-state index is -0.628. The number of pyridine rings is 1. The van der Waals surface area contributed by atoms with E-state index < -0.39 is 24.0 Å². The zero-order valence-electron chi connectivity index (χ0n) is 18.4. The fourth-order valence-corrected chi connectivity index (χ4v) is 3.67. The quantitative estimate of drug-likeness (QED) is 0.641. The Kier molecular flexibility index (Phi) is 6.57. The number of halogens is 1. The number of carbonyl (C=O) groups is 3. The van der Waals surface area contributed by atoms with Crippen LogP contribution in [0.3, 0.4) is 0 Å². The molecule has 1 atom stereocenters. The summed E-state index contributed by atoms with van der Waals surface area (Å²) >= 11 is 0. The fourth-order valence-electron chi connectivity index (χ4n) is 3.67. The number of esters is 1. The van der Waals surface area contributed by atoms with Crippen molar-refractivity contribution < 1.29 is 28.2 Å². The lowest BCUT2D eigenvalue weighted by atomic mass is 10.1. The highest BCUT2D eigenvalue weighted by molar-refractivity contribution is 5.90. The van der Waals surface area contributed by atoms with E-state index in [0.29, 0.717) is 42.1 Å². The lowest BCUT2D eigenvalue weighted by molar-refractivity contribution is -0.141. The first kappa shape index (κ1) is 23.0. The van der Waals surface area contributed by atoms with Gasteiger partial charge in [-0.3, -0.25) is 9.69 Å². The van der Waals surface area contributed by atoms with Gasteiger partial charge in [-0.1, -0.05) is 0 Å². The number of hydrazone groups is 1. The Labute approximate surface area is 194 Å². The Hall–Kier alpha value is -4.22. The van der Waals surface area contributed by atoms with Gasteiger partial charge in [-0.15, -0.1) is 0 Å². The van der Waals surface area contributed by atoms with Gasteiger partial charge in [0.25, 0.3) is 0 Å². The molecule has 4 rings (SSSR count). The summed E-state index contributed by atoms with van der Waals surface area (Å²) in [4.78, 5) is 42.1. The Bertz CT molecular complexity index is 1130. The Balaban J connectivity index is 1.43. The standard InChI is InChI=1S/C22H23FN6O5/c1-33-20(30)7-4-16-12-28(22(32)34-16)15-3-5-17(18(23)10-15)14-2-6-19(25-11-14)27-8-9-29(21(24)31)26-13-27/h2-3,5-6,10-11,13,16H,4,7-9,12H2,1H3,(H2,24,31)/t16-/m0/s1. The number of anilines is 2. The maximum atomic E-state index is 14.9. The van der Waals surface area contributed by atoms with Gasteiger partial charge in [-0.2, -0.15) is 5.10 Å². The summed E-state index contributed by atoms with van der Waals surface area (Å²) in [6.45, 7) is 1.01. The second-order valence-corrected chi connectivity index (χ2v) is 7.69. The molecule has 0 radical (unpaired) electrons. The van der Waals surface area contributed by atoms with Gasteiger partial charge in [0, 0.05) is 30.3 Å². The number of aromatic nitrogens is 1. The number of carbonyl (C=O) groups excluding carboxylic acids is 3. The smallest absolute Gasteiger partial charge is 0.414 e. The third-order valence-electron chi connectivity index (χ3n) is 5.53. The van der Waals surface area contributed by atoms with Crippen LogP contribution in [0.25, 0.3) is 11.1 Å². The van der Waals surface area contributed by atoms with E-state index in [2.05, 4.69) is 14.8 Å². The molecule has 178 valence electrons. The van der Waals surface area contributed by atoms with Gasteiger partial charge in [0.05, 0.1) is 25.9 Å². The topological polar surface area (TPSA) is 131 Å². The van der Waals surface area contributed by atoms with Crippen molar-refractivity contribution >= 4 is 35.9 Å². The highest BCUT2D eigenvalue weighted by Crippen LogP contribution is 2.30. The van der Waals surface area contributed by atoms with Crippen molar-refractivity contribution in [1.29, 1.82) is 0 Å². The number of benzene rings is 1. The number of nitrogens with two attached hydrogens (primary N) is 1. The van der Waals surface area contributed by atoms with E-state index in [1.54, 1.807) is 29.2 Å². The number of nitrogens with zero attached hydrogens (tertiary/aromatic N) is 5. The van der Waals surface area contributed by atoms with Crippen LogP contribution in [0.15, 0.2) is 41.6 Å². The molecule has 0 bridgehead atoms. The van der Waals surface area contributed by atoms with Crippen LogP contribution >= 0.6 is 0 Å². The Morgan fingerprint density at radius 2 is 2.09 bits per heavy atom. The van der Waals surface area contributed by atoms with E-state index in [4.69, 9.17) is 10.5 Å². The van der Waals surface area contributed by atoms with Crippen molar-refractivity contribution in [2.24, 2.45) is 10.8 Å². The second-order valence-electron chi connectivity index (χ2n) is 7.69. The maximum Gasteiger partial charge on any atom is 0.414 e. The first-order valence-electron chi connectivity index (χ1n) is 10.5. The number of urea groups is 1. The Morgan fingerprint density at radius 3 is 2.71 bits per heavy atom. The lowest BCUT2D eigenvalue weighted by Gasteiger charge is -2.26. The average Bonchev–Trinajstić information content (AvgIpc) is 3.23. The normalized spacial score (nSPS) is 17.6. The summed E-state index contributed by atoms with van der Waals surface area (Å²) in [6, 6.07) is 7.29. The SMILES string of the molecule is COC(=O)CC[C@H]1CN(c2ccc(-c3ccc(N4C=NN(C(N)=O)CC4)nc3)c(F)c2)C(=O)O1. The predicted molar refractivity (Wildman–Crippen MR) is 121 cm³/mol. The van der Waals surface area contributed by atoms with Crippen LogP contribution in [0.4, 0.5) is 25.5 Å². The molecule has 1 aromatic carbocycles. The summed E-state index contributed by atoms with van der Waals surface area (Å²) in [7, 11) is 1.30. The van der Waals surface area contributed by atoms with Crippen molar-refractivity contribution in [3.63, 3.8) is 0 Å². The van der Waals surface area contributed by atoms with Gasteiger partial charge in [-0.05, 0) is 36.8 Å². The van der Waals surface area contributed by atoms with Gasteiger partial charge in [-0.25, -0.2) is 24.0 Å². The summed E-state index contributed by atoms with van der Waals surface area (Å²) in [6.07, 6.45) is 2.39. The molecular formula is C22H23FN6O5. The molecule has 1 saturated heterocycles. The van der Waals surface area contributed by atoms with Gasteiger partial charge in [0.2, 0.25) is 0 Å². The summed E-state index contributed by atoms with van der Waals surface area (Å²) in [5.41, 5.74) is 6.44. The molecule has 2 aliphatic rings. The minimum Gasteiger partial charge on any atom is -0.469 e. The molecule has 1 aromatic heterocycles. The molecule has 2 N–H and O–H groups in total. The molecule has 1 fully saturated rings. The van der Waals surface area contributed by atoms with Crippen molar-refractivity contribution in [3.05, 3.63) is 42.3 Å². The van der Waals surface area contributed by atoms with Crippen LogP contribution in [-0.2, 0) is 14.3 Å². The third kappa shape index (κ3) is 4.90. The molecule has 2 aliphatic heterocycles. The number of cyclic esters (lactones) is 1. The number of hydrogen-bond donors (Lipinski definition) is 1. The first-order chi connectivity index (χ1) is 16.4. The highest BCUT2D eigenvalue weighted by Gasteiger charge is 2.33. The number of amides is 3. The summed E-state index contributed by atoms with van der Waals surface area (Å²) in [5, 5.41) is 5.11. The molecule has 12 heteroatoms. The first-order valence-corrected chi connectivity index (χ1v) is 10.5. The van der Waals surface area contributed by atoms with Crippen LogP contribution < -0.4 is 15.5 Å². The molecular weight excluding hydrogens is 447 g/mol. The number of hydrogen-bond acceptors (Lipinski definition) is 8. The maximum absolute atomic E-state index is 14.9. The number of methoxy groups -OCH3 is 1. The van der Waals surface area contributed by atoms with Crippen LogP contribution in [-0.4, -0.2) is 67.3 Å². The number of primary amides is 1. The molecule has 2 aromatic rings. The molecule has 3 amide bonds. The average molecular weight is 470 g/mol. The zero-order chi connectivity index (χ0) is 24.2. The number of rotatable bonds is 6. The van der Waals surface area contributed by atoms with Crippen molar-refractivity contribution in [3.8, 4) is 11.1 Å². The fraction of sp³-hybridized carbons (Fsp3) is 0.318. The molecule has 0 aliphatic carbocycles. The zero-order valence-corrected chi connectivity index (χ0v) is 18.4. The van der Waals surface area contributed by atoms with Crippen LogP contribution in [0.1, 0.15) is 12.8 Å². The van der Waals surface area contributed by atoms with Crippen LogP contribution in [0.2, 0.25) is 0 Å². The van der Waals surface area contributed by atoms with Gasteiger partial charge in [0.15, 0.2) is 0 Å². The summed E-state index contributed by atoms with van der Waals surface area (Å²) in [5.74, 6) is -0.314. The van der Waals surface area contributed by atoms with Crippen molar-refractivity contribution in [2.75, 3.05) is 36.5 Å². The Morgan fingerprint density at radius 1 is 1.26 bits per heavy atom. The molecule has 11 nitrogen and oxygen atoms in total. The molecule has 3 heterocycles. The minimum absolute atomic E-state index is 0.130. The van der Waals surface area contributed by atoms with Gasteiger partial charge >= 0.3 is 18.1 Å². The summed E-state index contributed by atoms with van der Waals surface area (Å²) < 4.78 is 24.8. The molecule has 0 saturated carbocycles. The van der Waals surface area contributed by atoms with Crippen molar-refractivity contribution in [1.82, 2.24) is 9.99 Å². The van der Waals surface area contributed by atoms with Crippen LogP contribution in [0, 0.1) is 5.82 Å². The lowest BCUT2D eigenvalue weighted by Crippen LogP contribution is -2.43. The second kappa shape index (κ2) is 9.73. The van der Waals surface area contributed by atoms with E-state index in [1.807, 2.05) is 0 Å². The monoisotopic (exact) mass is 470 g/mol. The molecule has 0 spiro atoms. The van der Waals surface area contributed by atoms with Crippen LogP contribution in [0.5, 0.6) is 0 Å². The third-order valence-corrected chi connectivity index (χ3v) is 5.53. The molecule has 0 unspecified atom stereocenters. The van der Waals surface area contributed by atoms with E-state index in [0.717, 1.165) is 5.01 Å². The highest BCUT2D eigenvalue weighted by atomic mass is 19.1. The number of ether oxygens (including phenoxy) is 2. The molecule has 34 heavy (non-hydrogen) atoms. The largest absolute Gasteiger partial charge is 0.469 e. The van der Waals surface area contributed by atoms with Crippen molar-refractivity contribution in [2.45, 2.75) is 18.9 Å². The predicted octanol–water partition coefficient (Wildman–Crippen LogP) is 2.31. The van der Waals surface area contributed by atoms with E-state index in [9.17, 15) is 18.8 Å².